The van der Waals surface area contributed by atoms with E-state index in [0.717, 1.165) is 0 Å². The van der Waals surface area contributed by atoms with Crippen LogP contribution in [0, 0.1) is 40.4 Å². The Morgan fingerprint density at radius 1 is 1.00 bits per heavy atom. The molecule has 0 aliphatic carbocycles. The topological polar surface area (TPSA) is 52.9 Å². The van der Waals surface area contributed by atoms with Crippen molar-refractivity contribution in [2.75, 3.05) is 0 Å². The number of nitrogens with one attached hydrogen (secondary N) is 1. The Hall–Kier alpha value is -3.21. The fourth-order valence-corrected chi connectivity index (χ4v) is 2.14. The van der Waals surface area contributed by atoms with Crippen LogP contribution < -0.4 is 5.32 Å². The first-order valence-corrected chi connectivity index (χ1v) is 7.27. The van der Waals surface area contributed by atoms with E-state index in [1.54, 1.807) is 37.3 Å². The first-order chi connectivity index (χ1) is 12.3. The second kappa shape index (κ2) is 7.78. The number of hydrogen-bond donors (Lipinski definition) is 1. The monoisotopic (exact) mass is 366 g/mol. The minimum Gasteiger partial charge on any atom is -0.345 e. The van der Waals surface area contributed by atoms with Crippen molar-refractivity contribution in [3.63, 3.8) is 0 Å². The highest BCUT2D eigenvalue weighted by atomic mass is 19.2. The molecule has 1 amide bonds. The molecule has 1 atom stereocenters. The van der Waals surface area contributed by atoms with E-state index < -0.39 is 52.2 Å². The minimum absolute atomic E-state index is 0.323. The summed E-state index contributed by atoms with van der Waals surface area (Å²) in [5.41, 5.74) is -1.48. The van der Waals surface area contributed by atoms with Gasteiger partial charge in [0.15, 0.2) is 23.3 Å². The van der Waals surface area contributed by atoms with Gasteiger partial charge in [-0.25, -0.2) is 22.0 Å². The molecule has 0 fully saturated rings. The van der Waals surface area contributed by atoms with Crippen LogP contribution in [0.2, 0.25) is 0 Å². The lowest BCUT2D eigenvalue weighted by Crippen LogP contribution is -2.27. The van der Waals surface area contributed by atoms with Crippen molar-refractivity contribution in [2.45, 2.75) is 13.0 Å². The van der Waals surface area contributed by atoms with E-state index in [0.29, 0.717) is 11.6 Å². The van der Waals surface area contributed by atoms with Gasteiger partial charge in [-0.1, -0.05) is 30.3 Å². The van der Waals surface area contributed by atoms with Gasteiger partial charge >= 0.3 is 0 Å². The van der Waals surface area contributed by atoms with Gasteiger partial charge in [0.2, 0.25) is 5.82 Å². The van der Waals surface area contributed by atoms with E-state index in [1.165, 1.54) is 6.07 Å². The third kappa shape index (κ3) is 3.72. The van der Waals surface area contributed by atoms with E-state index in [1.807, 2.05) is 0 Å². The van der Waals surface area contributed by atoms with Gasteiger partial charge in [0.1, 0.15) is 11.6 Å². The van der Waals surface area contributed by atoms with Gasteiger partial charge in [-0.3, -0.25) is 4.79 Å². The Labute approximate surface area is 145 Å². The first kappa shape index (κ1) is 19.1. The van der Waals surface area contributed by atoms with Gasteiger partial charge in [0, 0.05) is 0 Å². The van der Waals surface area contributed by atoms with Gasteiger partial charge in [0.25, 0.3) is 5.91 Å². The molecular formula is C18H11F5N2O. The van der Waals surface area contributed by atoms with Gasteiger partial charge < -0.3 is 5.32 Å². The molecule has 134 valence electrons. The molecular weight excluding hydrogens is 355 g/mol. The number of carbonyl (C=O) groups excluding carboxylic acids is 1. The summed E-state index contributed by atoms with van der Waals surface area (Å²) in [6.07, 6.45) is 0.323. The number of nitriles is 1. The van der Waals surface area contributed by atoms with E-state index in [2.05, 4.69) is 5.32 Å². The molecule has 2 rings (SSSR count). The average molecular weight is 366 g/mol. The molecule has 0 aliphatic heterocycles. The lowest BCUT2D eigenvalue weighted by atomic mass is 10.1. The third-order valence-electron chi connectivity index (χ3n) is 3.54. The SMILES string of the molecule is C[C@@H](NC(=O)/C(C#N)=C/c1c(F)c(F)c(F)c(F)c1F)c1ccccc1. The van der Waals surface area contributed by atoms with Crippen LogP contribution in [0.4, 0.5) is 22.0 Å². The van der Waals surface area contributed by atoms with Crippen molar-refractivity contribution in [2.24, 2.45) is 0 Å². The molecule has 0 unspecified atom stereocenters. The standard InChI is InChI=1S/C18H11F5N2O/c1-9(10-5-3-2-4-6-10)25-18(26)11(8-24)7-12-13(19)15(21)17(23)16(22)14(12)20/h2-7,9H,1H3,(H,25,26)/b11-7+/t9-/m1/s1. The minimum atomic E-state index is -2.32. The van der Waals surface area contributed by atoms with Crippen molar-refractivity contribution in [1.82, 2.24) is 5.32 Å². The summed E-state index contributed by atoms with van der Waals surface area (Å²) in [4.78, 5) is 12.1. The summed E-state index contributed by atoms with van der Waals surface area (Å²) in [5, 5.41) is 11.4. The van der Waals surface area contributed by atoms with Crippen LogP contribution in [-0.2, 0) is 4.79 Å². The molecule has 2 aromatic rings. The van der Waals surface area contributed by atoms with Gasteiger partial charge in [0.05, 0.1) is 11.6 Å². The molecule has 0 bridgehead atoms. The predicted molar refractivity (Wildman–Crippen MR) is 82.8 cm³/mol. The average Bonchev–Trinajstić information content (AvgIpc) is 2.65. The van der Waals surface area contributed by atoms with Crippen molar-refractivity contribution in [3.05, 3.63) is 76.1 Å². The second-order valence-corrected chi connectivity index (χ2v) is 5.26. The molecule has 0 aromatic heterocycles. The molecule has 0 radical (unpaired) electrons. The highest BCUT2D eigenvalue weighted by Gasteiger charge is 2.25. The highest BCUT2D eigenvalue weighted by Crippen LogP contribution is 2.25. The summed E-state index contributed by atoms with van der Waals surface area (Å²) in [7, 11) is 0. The predicted octanol–water partition coefficient (Wildman–Crippen LogP) is 4.17. The normalized spacial score (nSPS) is 12.4. The molecule has 0 heterocycles. The molecule has 0 spiro atoms. The number of halogens is 5. The van der Waals surface area contributed by atoms with Crippen LogP contribution in [0.3, 0.4) is 0 Å². The second-order valence-electron chi connectivity index (χ2n) is 5.26. The number of benzene rings is 2. The largest absolute Gasteiger partial charge is 0.345 e. The summed E-state index contributed by atoms with van der Waals surface area (Å²) in [6, 6.07) is 9.42. The van der Waals surface area contributed by atoms with Crippen LogP contribution in [0.25, 0.3) is 6.08 Å². The molecule has 8 heteroatoms. The summed E-state index contributed by atoms with van der Waals surface area (Å²) in [5.74, 6) is -11.9. The number of rotatable bonds is 4. The van der Waals surface area contributed by atoms with Crippen molar-refractivity contribution < 1.29 is 26.7 Å². The molecule has 3 nitrogen and oxygen atoms in total. The van der Waals surface area contributed by atoms with E-state index in [9.17, 15) is 26.7 Å². The van der Waals surface area contributed by atoms with Crippen LogP contribution >= 0.6 is 0 Å². The Morgan fingerprint density at radius 3 is 2.00 bits per heavy atom. The first-order valence-electron chi connectivity index (χ1n) is 7.27. The Morgan fingerprint density at radius 2 is 1.50 bits per heavy atom. The Balaban J connectivity index is 2.37. The number of nitrogens with zero attached hydrogens (tertiary/aromatic N) is 1. The summed E-state index contributed by atoms with van der Waals surface area (Å²) < 4.78 is 66.8. The number of hydrogen-bond acceptors (Lipinski definition) is 2. The molecule has 0 saturated heterocycles. The van der Waals surface area contributed by atoms with Crippen LogP contribution in [0.15, 0.2) is 35.9 Å². The van der Waals surface area contributed by atoms with E-state index >= 15 is 0 Å². The fraction of sp³-hybridized carbons (Fsp3) is 0.111. The van der Waals surface area contributed by atoms with Crippen LogP contribution in [0.1, 0.15) is 24.1 Å². The Bertz CT molecular complexity index is 890. The van der Waals surface area contributed by atoms with Crippen LogP contribution in [0.5, 0.6) is 0 Å². The summed E-state index contributed by atoms with van der Waals surface area (Å²) >= 11 is 0. The zero-order valence-corrected chi connectivity index (χ0v) is 13.3. The lowest BCUT2D eigenvalue weighted by molar-refractivity contribution is -0.117. The van der Waals surface area contributed by atoms with Crippen molar-refractivity contribution in [1.29, 1.82) is 5.26 Å². The molecule has 2 aromatic carbocycles. The highest BCUT2D eigenvalue weighted by molar-refractivity contribution is 6.01. The van der Waals surface area contributed by atoms with Gasteiger partial charge in [-0.2, -0.15) is 5.26 Å². The van der Waals surface area contributed by atoms with E-state index in [-0.39, 0.29) is 0 Å². The quantitative estimate of drug-likeness (QED) is 0.290. The third-order valence-corrected chi connectivity index (χ3v) is 3.54. The zero-order valence-electron chi connectivity index (χ0n) is 13.3. The fourth-order valence-electron chi connectivity index (χ4n) is 2.14. The summed E-state index contributed by atoms with van der Waals surface area (Å²) in [6.45, 7) is 1.60. The molecule has 26 heavy (non-hydrogen) atoms. The van der Waals surface area contributed by atoms with Crippen molar-refractivity contribution >= 4 is 12.0 Å². The maximum atomic E-state index is 13.7. The van der Waals surface area contributed by atoms with Crippen molar-refractivity contribution in [3.8, 4) is 6.07 Å². The van der Waals surface area contributed by atoms with Gasteiger partial charge in [-0.05, 0) is 18.6 Å². The molecule has 1 N–H and O–H groups in total. The molecule has 0 saturated carbocycles. The maximum absolute atomic E-state index is 13.7. The number of carbonyl (C=O) groups is 1. The zero-order chi connectivity index (χ0) is 19.4. The maximum Gasteiger partial charge on any atom is 0.262 e. The smallest absolute Gasteiger partial charge is 0.262 e. The van der Waals surface area contributed by atoms with Crippen LogP contribution in [-0.4, -0.2) is 5.91 Å². The number of amides is 1. The lowest BCUT2D eigenvalue weighted by Gasteiger charge is -2.14. The van der Waals surface area contributed by atoms with E-state index in [4.69, 9.17) is 5.26 Å². The van der Waals surface area contributed by atoms with Gasteiger partial charge in [-0.15, -0.1) is 0 Å². The molecule has 0 aliphatic rings. The Kier molecular flexibility index (Phi) is 5.72.